The lowest BCUT2D eigenvalue weighted by Crippen LogP contribution is -2.10. The second-order valence-electron chi connectivity index (χ2n) is 4.81. The Morgan fingerprint density at radius 1 is 1.00 bits per heavy atom. The third-order valence-corrected chi connectivity index (χ3v) is 3.89. The van der Waals surface area contributed by atoms with E-state index >= 15 is 0 Å². The maximum atomic E-state index is 14.0. The van der Waals surface area contributed by atoms with Gasteiger partial charge in [0, 0.05) is 6.07 Å². The van der Waals surface area contributed by atoms with Gasteiger partial charge in [0.1, 0.15) is 23.3 Å². The molecule has 0 fully saturated rings. The number of carbonyl (C=O) groups is 1. The topological polar surface area (TPSA) is 29.1 Å². The van der Waals surface area contributed by atoms with Crippen LogP contribution in [0.25, 0.3) is 5.57 Å². The molecule has 1 N–H and O–H groups in total. The third-order valence-electron chi connectivity index (χ3n) is 3.18. The molecule has 7 heteroatoms. The molecule has 0 aliphatic rings. The molecule has 0 spiro atoms. The number of Topliss-reactive ketones (excluding diaryl/α,β-unsaturated/α-hetero) is 1. The van der Waals surface area contributed by atoms with E-state index in [4.69, 9.17) is 0 Å². The number of ketones is 1. The molecule has 0 unspecified atom stereocenters. The Kier molecular flexibility index (Phi) is 5.66. The fourth-order valence-corrected chi connectivity index (χ4v) is 2.78. The second kappa shape index (κ2) is 7.53. The molecule has 126 valence electrons. The molecular formula is C17H13F4NOS. The zero-order chi connectivity index (χ0) is 17.9. The van der Waals surface area contributed by atoms with Gasteiger partial charge in [-0.2, -0.15) is 0 Å². The number of carbonyl (C=O) groups excluding carboxylic acids is 1. The van der Waals surface area contributed by atoms with Gasteiger partial charge in [-0.1, -0.05) is 6.07 Å². The molecular weight excluding hydrogens is 342 g/mol. The number of nitrogens with one attached hydrogen (secondary N) is 1. The standard InChI is InChI=1S/C17H13F4NOS/c1-9(23)15(16-11(19)4-3-5-12(16)20)17(24-2)22-14-7-6-10(18)8-13(14)21/h3-8,22H,1-2H3/b17-15-. The SMILES string of the molecule is CS/C(Nc1ccc(F)cc1F)=C(/C(C)=O)c1c(F)cccc1F. The highest BCUT2D eigenvalue weighted by Crippen LogP contribution is 2.31. The summed E-state index contributed by atoms with van der Waals surface area (Å²) in [4.78, 5) is 12.0. The first-order valence-electron chi connectivity index (χ1n) is 6.80. The van der Waals surface area contributed by atoms with E-state index in [2.05, 4.69) is 5.32 Å². The highest BCUT2D eigenvalue weighted by Gasteiger charge is 2.22. The largest absolute Gasteiger partial charge is 0.347 e. The van der Waals surface area contributed by atoms with Gasteiger partial charge in [0.05, 0.1) is 21.9 Å². The summed E-state index contributed by atoms with van der Waals surface area (Å²) in [5, 5.41) is 2.66. The van der Waals surface area contributed by atoms with E-state index in [9.17, 15) is 22.4 Å². The van der Waals surface area contributed by atoms with Gasteiger partial charge in [-0.15, -0.1) is 11.8 Å². The fourth-order valence-electron chi connectivity index (χ4n) is 2.11. The molecule has 0 atom stereocenters. The van der Waals surface area contributed by atoms with Crippen molar-refractivity contribution in [3.8, 4) is 0 Å². The van der Waals surface area contributed by atoms with E-state index in [-0.39, 0.29) is 16.3 Å². The highest BCUT2D eigenvalue weighted by molar-refractivity contribution is 8.02. The number of thioether (sulfide) groups is 1. The molecule has 2 nitrogen and oxygen atoms in total. The van der Waals surface area contributed by atoms with Crippen LogP contribution in [-0.4, -0.2) is 12.0 Å². The minimum Gasteiger partial charge on any atom is -0.347 e. The van der Waals surface area contributed by atoms with Crippen LogP contribution in [0.15, 0.2) is 41.4 Å². The molecule has 0 aliphatic carbocycles. The van der Waals surface area contributed by atoms with Crippen molar-refractivity contribution in [2.24, 2.45) is 0 Å². The van der Waals surface area contributed by atoms with Crippen LogP contribution in [0.2, 0.25) is 0 Å². The highest BCUT2D eigenvalue weighted by atomic mass is 32.2. The van der Waals surface area contributed by atoms with Gasteiger partial charge < -0.3 is 5.32 Å². The van der Waals surface area contributed by atoms with Crippen LogP contribution in [0, 0.1) is 23.3 Å². The Morgan fingerprint density at radius 2 is 1.62 bits per heavy atom. The fraction of sp³-hybridized carbons (Fsp3) is 0.118. The number of anilines is 1. The number of halogens is 4. The molecule has 2 aromatic rings. The summed E-state index contributed by atoms with van der Waals surface area (Å²) in [5.41, 5.74) is -0.859. The van der Waals surface area contributed by atoms with Crippen molar-refractivity contribution in [1.29, 1.82) is 0 Å². The van der Waals surface area contributed by atoms with Crippen LogP contribution < -0.4 is 5.32 Å². The average Bonchev–Trinajstić information content (AvgIpc) is 2.51. The smallest absolute Gasteiger partial charge is 0.163 e. The minimum atomic E-state index is -0.909. The van der Waals surface area contributed by atoms with Crippen LogP contribution in [0.4, 0.5) is 23.2 Å². The van der Waals surface area contributed by atoms with Crippen molar-refractivity contribution in [3.63, 3.8) is 0 Å². The van der Waals surface area contributed by atoms with Crippen LogP contribution in [0.5, 0.6) is 0 Å². The van der Waals surface area contributed by atoms with Crippen LogP contribution in [0.1, 0.15) is 12.5 Å². The maximum Gasteiger partial charge on any atom is 0.163 e. The normalized spacial score (nSPS) is 11.9. The van der Waals surface area contributed by atoms with Gasteiger partial charge in [0.2, 0.25) is 0 Å². The molecule has 0 radical (unpaired) electrons. The number of allylic oxidation sites excluding steroid dienone is 1. The Balaban J connectivity index is 2.61. The lowest BCUT2D eigenvalue weighted by molar-refractivity contribution is -0.111. The molecule has 0 aliphatic heterocycles. The molecule has 2 rings (SSSR count). The Bertz CT molecular complexity index is 800. The van der Waals surface area contributed by atoms with Gasteiger partial charge in [-0.05, 0) is 37.4 Å². The summed E-state index contributed by atoms with van der Waals surface area (Å²) in [6, 6.07) is 6.06. The Hall–Kier alpha value is -2.28. The number of rotatable bonds is 5. The number of benzene rings is 2. The van der Waals surface area contributed by atoms with Gasteiger partial charge in [0.25, 0.3) is 0 Å². The molecule has 2 aromatic carbocycles. The van der Waals surface area contributed by atoms with E-state index in [1.807, 2.05) is 0 Å². The summed E-state index contributed by atoms with van der Waals surface area (Å²) in [6.45, 7) is 1.15. The van der Waals surface area contributed by atoms with Gasteiger partial charge >= 0.3 is 0 Å². The molecule has 24 heavy (non-hydrogen) atoms. The molecule has 0 saturated carbocycles. The lowest BCUT2D eigenvalue weighted by atomic mass is 10.0. The van der Waals surface area contributed by atoms with Crippen molar-refractivity contribution < 1.29 is 22.4 Å². The summed E-state index contributed by atoms with van der Waals surface area (Å²) in [7, 11) is 0. The van der Waals surface area contributed by atoms with Crippen molar-refractivity contribution in [2.75, 3.05) is 11.6 Å². The van der Waals surface area contributed by atoms with Gasteiger partial charge in [-0.3, -0.25) is 4.79 Å². The molecule has 0 amide bonds. The lowest BCUT2D eigenvalue weighted by Gasteiger charge is -2.15. The molecule has 0 aromatic heterocycles. The van der Waals surface area contributed by atoms with Crippen molar-refractivity contribution in [2.45, 2.75) is 6.92 Å². The number of hydrogen-bond donors (Lipinski definition) is 1. The monoisotopic (exact) mass is 355 g/mol. The first-order valence-corrected chi connectivity index (χ1v) is 8.03. The Morgan fingerprint density at radius 3 is 2.12 bits per heavy atom. The van der Waals surface area contributed by atoms with Crippen LogP contribution >= 0.6 is 11.8 Å². The van der Waals surface area contributed by atoms with Crippen LogP contribution in [0.3, 0.4) is 0 Å². The van der Waals surface area contributed by atoms with Crippen LogP contribution in [-0.2, 0) is 4.79 Å². The van der Waals surface area contributed by atoms with Gasteiger partial charge in [-0.25, -0.2) is 17.6 Å². The first-order chi connectivity index (χ1) is 11.3. The van der Waals surface area contributed by atoms with E-state index < -0.39 is 34.6 Å². The quantitative estimate of drug-likeness (QED) is 0.606. The predicted octanol–water partition coefficient (Wildman–Crippen LogP) is 4.98. The number of hydrogen-bond acceptors (Lipinski definition) is 3. The predicted molar refractivity (Wildman–Crippen MR) is 87.5 cm³/mol. The van der Waals surface area contributed by atoms with E-state index in [1.165, 1.54) is 6.07 Å². The zero-order valence-corrected chi connectivity index (χ0v) is 13.6. The van der Waals surface area contributed by atoms with E-state index in [1.54, 1.807) is 6.26 Å². The zero-order valence-electron chi connectivity index (χ0n) is 12.8. The van der Waals surface area contributed by atoms with E-state index in [0.29, 0.717) is 6.07 Å². The first kappa shape index (κ1) is 18.1. The summed E-state index contributed by atoms with van der Waals surface area (Å²) in [5.74, 6) is -4.07. The Labute approximate surface area is 140 Å². The molecule has 0 saturated heterocycles. The van der Waals surface area contributed by atoms with Crippen molar-refractivity contribution >= 4 is 28.8 Å². The average molecular weight is 355 g/mol. The molecule has 0 bridgehead atoms. The van der Waals surface area contributed by atoms with E-state index in [0.717, 1.165) is 43.0 Å². The molecule has 0 heterocycles. The summed E-state index contributed by atoms with van der Waals surface area (Å²) in [6.07, 6.45) is 1.56. The third kappa shape index (κ3) is 3.79. The van der Waals surface area contributed by atoms with Crippen molar-refractivity contribution in [1.82, 2.24) is 0 Å². The second-order valence-corrected chi connectivity index (χ2v) is 5.63. The van der Waals surface area contributed by atoms with Crippen molar-refractivity contribution in [3.05, 3.63) is 70.3 Å². The van der Waals surface area contributed by atoms with Gasteiger partial charge in [0.15, 0.2) is 5.78 Å². The maximum absolute atomic E-state index is 14.0. The minimum absolute atomic E-state index is 0.0528. The summed E-state index contributed by atoms with van der Waals surface area (Å²) >= 11 is 0.980. The summed E-state index contributed by atoms with van der Waals surface area (Å²) < 4.78 is 54.9.